The van der Waals surface area contributed by atoms with E-state index in [1.54, 1.807) is 12.3 Å². The largest absolute Gasteiger partial charge is 0.508 e. The summed E-state index contributed by atoms with van der Waals surface area (Å²) < 4.78 is 0. The molecule has 3 rings (SSSR count). The zero-order chi connectivity index (χ0) is 11.8. The van der Waals surface area contributed by atoms with Crippen LogP contribution in [0.1, 0.15) is 0 Å². The topological polar surface area (TPSA) is 53.4 Å². The molecule has 0 amide bonds. The average molecular weight is 223 g/mol. The third-order valence-corrected chi connectivity index (χ3v) is 2.87. The highest BCUT2D eigenvalue weighted by molar-refractivity contribution is 6.57. The van der Waals surface area contributed by atoms with Gasteiger partial charge < -0.3 is 10.0 Å². The summed E-state index contributed by atoms with van der Waals surface area (Å²) >= 11 is 0. The van der Waals surface area contributed by atoms with Gasteiger partial charge in [-0.2, -0.15) is 0 Å². The lowest BCUT2D eigenvalue weighted by atomic mass is 9.84. The number of pyridine rings is 1. The number of fused-ring (bicyclic) bond motifs is 2. The third-order valence-electron chi connectivity index (χ3n) is 2.87. The van der Waals surface area contributed by atoms with Crippen LogP contribution in [0.15, 0.2) is 48.7 Å². The summed E-state index contributed by atoms with van der Waals surface area (Å²) in [4.78, 5) is 4.01. The van der Waals surface area contributed by atoms with Crippen molar-refractivity contribution in [1.29, 1.82) is 0 Å². The molecule has 0 aliphatic heterocycles. The zero-order valence-corrected chi connectivity index (χ0v) is 9.04. The van der Waals surface area contributed by atoms with Crippen LogP contribution in [0.5, 0.6) is 0 Å². The van der Waals surface area contributed by atoms with Gasteiger partial charge >= 0.3 is 7.12 Å². The SMILES string of the molecule is OB(O)c1cc2cc3ccccc3cc2cn1. The van der Waals surface area contributed by atoms with Gasteiger partial charge in [0.1, 0.15) is 0 Å². The number of hydrogen-bond donors (Lipinski definition) is 2. The Bertz CT molecular complexity index is 697. The van der Waals surface area contributed by atoms with Gasteiger partial charge in [0, 0.05) is 11.6 Å². The summed E-state index contributed by atoms with van der Waals surface area (Å²) in [6, 6.07) is 13.8. The van der Waals surface area contributed by atoms with Crippen molar-refractivity contribution >= 4 is 34.3 Å². The van der Waals surface area contributed by atoms with Crippen LogP contribution in [0.2, 0.25) is 0 Å². The van der Waals surface area contributed by atoms with E-state index in [9.17, 15) is 0 Å². The maximum atomic E-state index is 9.09. The summed E-state index contributed by atoms with van der Waals surface area (Å²) in [5.41, 5.74) is 0.271. The van der Waals surface area contributed by atoms with Gasteiger partial charge in [0.05, 0.1) is 5.59 Å². The minimum Gasteiger partial charge on any atom is -0.422 e. The highest BCUT2D eigenvalue weighted by atomic mass is 16.4. The second-order valence-corrected chi connectivity index (χ2v) is 4.03. The van der Waals surface area contributed by atoms with Crippen LogP contribution in [0, 0.1) is 0 Å². The Morgan fingerprint density at radius 2 is 1.47 bits per heavy atom. The molecule has 0 fully saturated rings. The first-order chi connectivity index (χ1) is 8.24. The molecule has 0 aliphatic carbocycles. The molecule has 0 radical (unpaired) electrons. The van der Waals surface area contributed by atoms with Crippen LogP contribution in [0.25, 0.3) is 21.5 Å². The van der Waals surface area contributed by atoms with Crippen LogP contribution in [-0.4, -0.2) is 22.2 Å². The third kappa shape index (κ3) is 1.77. The molecule has 2 aromatic carbocycles. The van der Waals surface area contributed by atoms with E-state index in [1.165, 1.54) is 0 Å². The van der Waals surface area contributed by atoms with Crippen molar-refractivity contribution in [2.24, 2.45) is 0 Å². The number of benzene rings is 2. The average Bonchev–Trinajstić information content (AvgIpc) is 2.35. The van der Waals surface area contributed by atoms with Gasteiger partial charge in [-0.3, -0.25) is 4.98 Å². The lowest BCUT2D eigenvalue weighted by molar-refractivity contribution is 0.424. The molecule has 17 heavy (non-hydrogen) atoms. The Balaban J connectivity index is 2.32. The van der Waals surface area contributed by atoms with Crippen molar-refractivity contribution in [1.82, 2.24) is 4.98 Å². The molecular weight excluding hydrogens is 213 g/mol. The fourth-order valence-electron chi connectivity index (χ4n) is 1.99. The maximum Gasteiger partial charge on any atom is 0.508 e. The van der Waals surface area contributed by atoms with Crippen molar-refractivity contribution in [3.63, 3.8) is 0 Å². The van der Waals surface area contributed by atoms with E-state index in [1.807, 2.05) is 36.4 Å². The van der Waals surface area contributed by atoms with Crippen LogP contribution < -0.4 is 5.59 Å². The Morgan fingerprint density at radius 1 is 0.824 bits per heavy atom. The maximum absolute atomic E-state index is 9.09. The van der Waals surface area contributed by atoms with E-state index in [-0.39, 0.29) is 5.59 Å². The quantitative estimate of drug-likeness (QED) is 0.479. The minimum atomic E-state index is -1.52. The number of nitrogens with zero attached hydrogens (tertiary/aromatic N) is 1. The normalized spacial score (nSPS) is 10.9. The van der Waals surface area contributed by atoms with Gasteiger partial charge in [-0.15, -0.1) is 0 Å². The fourth-order valence-corrected chi connectivity index (χ4v) is 1.99. The van der Waals surface area contributed by atoms with E-state index in [2.05, 4.69) is 4.98 Å². The molecule has 2 N–H and O–H groups in total. The molecule has 0 unspecified atom stereocenters. The van der Waals surface area contributed by atoms with Gasteiger partial charge in [-0.25, -0.2) is 0 Å². The highest BCUT2D eigenvalue weighted by Gasteiger charge is 2.12. The van der Waals surface area contributed by atoms with E-state index < -0.39 is 7.12 Å². The van der Waals surface area contributed by atoms with Gasteiger partial charge in [-0.1, -0.05) is 24.3 Å². The van der Waals surface area contributed by atoms with Crippen molar-refractivity contribution in [3.05, 3.63) is 48.7 Å². The van der Waals surface area contributed by atoms with Crippen molar-refractivity contribution < 1.29 is 10.0 Å². The van der Waals surface area contributed by atoms with E-state index in [0.717, 1.165) is 21.5 Å². The van der Waals surface area contributed by atoms with Crippen molar-refractivity contribution in [2.75, 3.05) is 0 Å². The molecule has 4 heteroatoms. The second-order valence-electron chi connectivity index (χ2n) is 4.03. The Morgan fingerprint density at radius 3 is 2.12 bits per heavy atom. The second kappa shape index (κ2) is 3.84. The molecule has 0 aliphatic rings. The van der Waals surface area contributed by atoms with Gasteiger partial charge in [-0.05, 0) is 34.4 Å². The molecule has 1 heterocycles. The molecule has 1 aromatic heterocycles. The van der Waals surface area contributed by atoms with Gasteiger partial charge in [0.15, 0.2) is 0 Å². The Kier molecular flexibility index (Phi) is 2.32. The van der Waals surface area contributed by atoms with E-state index >= 15 is 0 Å². The molecule has 82 valence electrons. The Labute approximate surface area is 98.5 Å². The predicted molar refractivity (Wildman–Crippen MR) is 69.1 cm³/mol. The van der Waals surface area contributed by atoms with E-state index in [0.29, 0.717) is 0 Å². The summed E-state index contributed by atoms with van der Waals surface area (Å²) in [5.74, 6) is 0. The number of hydrogen-bond acceptors (Lipinski definition) is 3. The Hall–Kier alpha value is -1.91. The predicted octanol–water partition coefficient (Wildman–Crippen LogP) is 1.07. The lowest BCUT2D eigenvalue weighted by Crippen LogP contribution is -2.32. The molecule has 3 aromatic rings. The molecule has 0 saturated heterocycles. The summed E-state index contributed by atoms with van der Waals surface area (Å²) in [6.07, 6.45) is 1.66. The monoisotopic (exact) mass is 223 g/mol. The van der Waals surface area contributed by atoms with Crippen LogP contribution in [-0.2, 0) is 0 Å². The zero-order valence-electron chi connectivity index (χ0n) is 9.04. The smallest absolute Gasteiger partial charge is 0.422 e. The first-order valence-electron chi connectivity index (χ1n) is 5.38. The van der Waals surface area contributed by atoms with Crippen molar-refractivity contribution in [3.8, 4) is 0 Å². The molecule has 0 saturated carbocycles. The highest BCUT2D eigenvalue weighted by Crippen LogP contribution is 2.21. The van der Waals surface area contributed by atoms with Crippen LogP contribution in [0.3, 0.4) is 0 Å². The van der Waals surface area contributed by atoms with Crippen molar-refractivity contribution in [2.45, 2.75) is 0 Å². The lowest BCUT2D eigenvalue weighted by Gasteiger charge is -2.04. The minimum absolute atomic E-state index is 0.271. The molecule has 0 spiro atoms. The summed E-state index contributed by atoms with van der Waals surface area (Å²) in [7, 11) is -1.52. The summed E-state index contributed by atoms with van der Waals surface area (Å²) in [6.45, 7) is 0. The number of aromatic nitrogens is 1. The first-order valence-corrected chi connectivity index (χ1v) is 5.38. The summed E-state index contributed by atoms with van der Waals surface area (Å²) in [5, 5.41) is 22.4. The van der Waals surface area contributed by atoms with Crippen LogP contribution >= 0.6 is 0 Å². The van der Waals surface area contributed by atoms with Gasteiger partial charge in [0.2, 0.25) is 0 Å². The fraction of sp³-hybridized carbons (Fsp3) is 0. The number of rotatable bonds is 1. The van der Waals surface area contributed by atoms with Crippen LogP contribution in [0.4, 0.5) is 0 Å². The molecule has 0 bridgehead atoms. The first kappa shape index (κ1) is 10.3. The van der Waals surface area contributed by atoms with Gasteiger partial charge in [0.25, 0.3) is 0 Å². The standard InChI is InChI=1S/C13H10BNO2/c16-14(17)13-7-11-5-9-3-1-2-4-10(9)6-12(11)8-15-13/h1-8,16-17H. The molecule has 3 nitrogen and oxygen atoms in total. The van der Waals surface area contributed by atoms with E-state index in [4.69, 9.17) is 10.0 Å². The molecular formula is C13H10BNO2. The molecule has 0 atom stereocenters.